The molecule has 1 aliphatic heterocycles. The van der Waals surface area contributed by atoms with E-state index in [4.69, 9.17) is 14.8 Å². The van der Waals surface area contributed by atoms with E-state index in [0.717, 1.165) is 31.7 Å². The van der Waals surface area contributed by atoms with E-state index in [1.54, 1.807) is 0 Å². The molecule has 0 amide bonds. The maximum atomic E-state index is 5.54. The van der Waals surface area contributed by atoms with Crippen LogP contribution in [0.2, 0.25) is 0 Å². The van der Waals surface area contributed by atoms with Gasteiger partial charge in [0.1, 0.15) is 0 Å². The molecule has 1 aliphatic rings. The van der Waals surface area contributed by atoms with Gasteiger partial charge in [0.05, 0.1) is 19.1 Å². The van der Waals surface area contributed by atoms with Crippen molar-refractivity contribution in [3.63, 3.8) is 0 Å². The normalized spacial score (nSPS) is 16.0. The average molecular weight is 456 g/mol. The number of nitrogens with two attached hydrogens (primary N) is 1. The Kier molecular flexibility index (Phi) is 8.75. The van der Waals surface area contributed by atoms with Gasteiger partial charge in [-0.3, -0.25) is 9.80 Å². The molecule has 0 radical (unpaired) electrons. The SMILES string of the molecule is Cc1ccc(-c2noc(C(C)N3CCN(Cc4noc(CN)n4)CC3)n2)cc1.Cl.Cl. The van der Waals surface area contributed by atoms with E-state index in [-0.39, 0.29) is 37.4 Å². The van der Waals surface area contributed by atoms with Crippen LogP contribution in [0.25, 0.3) is 11.4 Å². The lowest BCUT2D eigenvalue weighted by atomic mass is 10.1. The predicted octanol–water partition coefficient (Wildman–Crippen LogP) is 2.61. The van der Waals surface area contributed by atoms with Gasteiger partial charge in [-0.25, -0.2) is 0 Å². The first-order valence-corrected chi connectivity index (χ1v) is 9.51. The van der Waals surface area contributed by atoms with Crippen LogP contribution < -0.4 is 5.73 Å². The summed E-state index contributed by atoms with van der Waals surface area (Å²) in [6, 6.07) is 8.20. The summed E-state index contributed by atoms with van der Waals surface area (Å²) < 4.78 is 10.6. The summed E-state index contributed by atoms with van der Waals surface area (Å²) in [5.74, 6) is 2.44. The fraction of sp³-hybridized carbons (Fsp3) is 0.474. The summed E-state index contributed by atoms with van der Waals surface area (Å²) in [5, 5.41) is 8.12. The first-order chi connectivity index (χ1) is 13.6. The first-order valence-electron chi connectivity index (χ1n) is 9.51. The molecule has 3 heterocycles. The number of hydrogen-bond donors (Lipinski definition) is 1. The van der Waals surface area contributed by atoms with Crippen molar-refractivity contribution < 1.29 is 9.05 Å². The van der Waals surface area contributed by atoms with Crippen LogP contribution in [-0.4, -0.2) is 56.3 Å². The Morgan fingerprint density at radius 1 is 1.00 bits per heavy atom. The van der Waals surface area contributed by atoms with Gasteiger partial charge in [-0.2, -0.15) is 9.97 Å². The van der Waals surface area contributed by atoms with Gasteiger partial charge in [0.25, 0.3) is 0 Å². The van der Waals surface area contributed by atoms with Crippen LogP contribution in [-0.2, 0) is 13.1 Å². The van der Waals surface area contributed by atoms with E-state index >= 15 is 0 Å². The zero-order valence-corrected chi connectivity index (χ0v) is 18.7. The molecule has 2 aromatic heterocycles. The number of aromatic nitrogens is 4. The summed E-state index contributed by atoms with van der Waals surface area (Å²) in [5.41, 5.74) is 7.69. The Labute approximate surface area is 187 Å². The summed E-state index contributed by atoms with van der Waals surface area (Å²) in [6.45, 7) is 8.75. The van der Waals surface area contributed by atoms with E-state index < -0.39 is 0 Å². The molecular weight excluding hydrogens is 429 g/mol. The van der Waals surface area contributed by atoms with Crippen molar-refractivity contribution in [2.24, 2.45) is 5.73 Å². The summed E-state index contributed by atoms with van der Waals surface area (Å²) in [6.07, 6.45) is 0. The highest BCUT2D eigenvalue weighted by atomic mass is 35.5. The van der Waals surface area contributed by atoms with E-state index in [0.29, 0.717) is 30.0 Å². The van der Waals surface area contributed by atoms with Crippen LogP contribution in [0.4, 0.5) is 0 Å². The highest BCUT2D eigenvalue weighted by molar-refractivity contribution is 5.85. The molecule has 0 spiro atoms. The minimum atomic E-state index is 0. The Morgan fingerprint density at radius 2 is 1.70 bits per heavy atom. The second kappa shape index (κ2) is 10.8. The largest absolute Gasteiger partial charge is 0.338 e. The summed E-state index contributed by atoms with van der Waals surface area (Å²) >= 11 is 0. The fourth-order valence-electron chi connectivity index (χ4n) is 3.33. The molecule has 1 atom stereocenters. The maximum Gasteiger partial charge on any atom is 0.244 e. The maximum absolute atomic E-state index is 5.54. The molecule has 9 nitrogen and oxygen atoms in total. The summed E-state index contributed by atoms with van der Waals surface area (Å²) in [4.78, 5) is 13.5. The van der Waals surface area contributed by atoms with Crippen molar-refractivity contribution in [3.8, 4) is 11.4 Å². The van der Waals surface area contributed by atoms with Crippen LogP contribution in [0.1, 0.15) is 36.1 Å². The van der Waals surface area contributed by atoms with Crippen LogP contribution in [0.5, 0.6) is 0 Å². The molecule has 0 bridgehead atoms. The topological polar surface area (TPSA) is 110 Å². The molecule has 1 fully saturated rings. The third kappa shape index (κ3) is 5.55. The average Bonchev–Trinajstić information content (AvgIpc) is 3.38. The van der Waals surface area contributed by atoms with Crippen LogP contribution in [0.3, 0.4) is 0 Å². The zero-order valence-electron chi connectivity index (χ0n) is 17.0. The van der Waals surface area contributed by atoms with Crippen molar-refractivity contribution >= 4 is 24.8 Å². The van der Waals surface area contributed by atoms with E-state index in [2.05, 4.69) is 43.9 Å². The first kappa shape index (κ1) is 24.2. The van der Waals surface area contributed by atoms with Gasteiger partial charge in [-0.15, -0.1) is 24.8 Å². The van der Waals surface area contributed by atoms with Gasteiger partial charge >= 0.3 is 0 Å². The van der Waals surface area contributed by atoms with Crippen molar-refractivity contribution in [2.75, 3.05) is 26.2 Å². The second-order valence-corrected chi connectivity index (χ2v) is 7.12. The third-order valence-electron chi connectivity index (χ3n) is 5.11. The molecule has 1 aromatic carbocycles. The van der Waals surface area contributed by atoms with Crippen LogP contribution in [0, 0.1) is 6.92 Å². The molecular formula is C19H27Cl2N7O2. The van der Waals surface area contributed by atoms with Gasteiger partial charge < -0.3 is 14.8 Å². The monoisotopic (exact) mass is 455 g/mol. The van der Waals surface area contributed by atoms with Gasteiger partial charge in [0, 0.05) is 31.7 Å². The molecule has 3 aromatic rings. The number of piperazine rings is 1. The van der Waals surface area contributed by atoms with Gasteiger partial charge in [0.15, 0.2) is 5.82 Å². The molecule has 4 rings (SSSR count). The molecule has 2 N–H and O–H groups in total. The Hall–Kier alpha value is -2.04. The minimum Gasteiger partial charge on any atom is -0.338 e. The van der Waals surface area contributed by atoms with Crippen molar-refractivity contribution in [1.82, 2.24) is 30.1 Å². The number of benzene rings is 1. The minimum absolute atomic E-state index is 0. The molecule has 1 unspecified atom stereocenters. The van der Waals surface area contributed by atoms with Crippen molar-refractivity contribution in [2.45, 2.75) is 33.0 Å². The van der Waals surface area contributed by atoms with Gasteiger partial charge in [0.2, 0.25) is 17.6 Å². The van der Waals surface area contributed by atoms with Gasteiger partial charge in [-0.05, 0) is 13.8 Å². The molecule has 30 heavy (non-hydrogen) atoms. The summed E-state index contributed by atoms with van der Waals surface area (Å²) in [7, 11) is 0. The van der Waals surface area contributed by atoms with Crippen molar-refractivity contribution in [3.05, 3.63) is 47.4 Å². The predicted molar refractivity (Wildman–Crippen MR) is 116 cm³/mol. The molecule has 11 heteroatoms. The zero-order chi connectivity index (χ0) is 19.5. The lowest BCUT2D eigenvalue weighted by Crippen LogP contribution is -2.46. The standard InChI is InChI=1S/C19H25N7O2.2ClH/c1-13-3-5-15(6-4-13)18-22-19(28-24-18)14(2)26-9-7-25(8-10-26)12-16-21-17(11-20)27-23-16;;/h3-6,14H,7-12,20H2,1-2H3;2*1H. The number of nitrogens with zero attached hydrogens (tertiary/aromatic N) is 6. The number of hydrogen-bond acceptors (Lipinski definition) is 9. The van der Waals surface area contributed by atoms with E-state index in [9.17, 15) is 0 Å². The van der Waals surface area contributed by atoms with Crippen LogP contribution >= 0.6 is 24.8 Å². The smallest absolute Gasteiger partial charge is 0.244 e. The lowest BCUT2D eigenvalue weighted by molar-refractivity contribution is 0.0827. The Bertz CT molecular complexity index is 908. The third-order valence-corrected chi connectivity index (χ3v) is 5.11. The molecule has 0 saturated carbocycles. The van der Waals surface area contributed by atoms with Gasteiger partial charge in [-0.1, -0.05) is 40.1 Å². The fourth-order valence-corrected chi connectivity index (χ4v) is 3.33. The Balaban J connectivity index is 0.00000160. The van der Waals surface area contributed by atoms with Crippen molar-refractivity contribution in [1.29, 1.82) is 0 Å². The highest BCUT2D eigenvalue weighted by Gasteiger charge is 2.26. The highest BCUT2D eigenvalue weighted by Crippen LogP contribution is 2.24. The Morgan fingerprint density at radius 3 is 2.33 bits per heavy atom. The quantitative estimate of drug-likeness (QED) is 0.598. The lowest BCUT2D eigenvalue weighted by Gasteiger charge is -2.36. The number of rotatable bonds is 6. The molecule has 0 aliphatic carbocycles. The van der Waals surface area contributed by atoms with E-state index in [1.165, 1.54) is 5.56 Å². The molecule has 1 saturated heterocycles. The second-order valence-electron chi connectivity index (χ2n) is 7.12. The van der Waals surface area contributed by atoms with Crippen LogP contribution in [0.15, 0.2) is 33.3 Å². The number of aryl methyl sites for hydroxylation is 1. The van der Waals surface area contributed by atoms with E-state index in [1.807, 2.05) is 24.3 Å². The number of halogens is 2. The molecule has 164 valence electrons.